The number of hydrazone groups is 1. The van der Waals surface area contributed by atoms with Gasteiger partial charge in [-0.1, -0.05) is 92.2 Å². The highest BCUT2D eigenvalue weighted by Crippen LogP contribution is 2.55. The number of allylic oxidation sites excluding steroid dienone is 2. The summed E-state index contributed by atoms with van der Waals surface area (Å²) in [6, 6.07) is 5.77. The fraction of sp³-hybridized carbons (Fsp3) is 0.568. The van der Waals surface area contributed by atoms with Crippen LogP contribution in [0.1, 0.15) is 155 Å². The number of esters is 1. The van der Waals surface area contributed by atoms with Crippen molar-refractivity contribution >= 4 is 81.5 Å². The highest BCUT2D eigenvalue weighted by molar-refractivity contribution is 6.24. The summed E-state index contributed by atoms with van der Waals surface area (Å²) in [4.78, 5) is 120. The van der Waals surface area contributed by atoms with Gasteiger partial charge in [0.05, 0.1) is 86.2 Å². The van der Waals surface area contributed by atoms with Gasteiger partial charge in [-0.2, -0.15) is 5.10 Å². The number of primary amides is 1. The van der Waals surface area contributed by atoms with E-state index in [2.05, 4.69) is 28.3 Å². The Morgan fingerprint density at radius 1 is 0.890 bits per heavy atom. The van der Waals surface area contributed by atoms with E-state index in [1.165, 1.54) is 58.3 Å². The molecule has 546 valence electrons. The SMILES string of the molecule is CO[C@H]1/C=C/O[C@@]2(C)Oc3c(C)c(O)c4c(O)c(c(/C=N/N5CC[N+](C)(Cc6ccc(NC(=O)[C@H](CCCNC(N)=O)CC(=O)[C@@H](NC(=O)CCCCCN7C(=O)CC(C)C7=O)C(C)C)cc6)CC5)c(O)c4c3C2=O)NC(=O)/C(C)=C\C=C\[C@H](C)[C@H](O)[C@@H](C)[C@@H](C)[C@@H](C)[C@H](OC(C)=O)[C@@H]1C. The molecule has 0 spiro atoms. The Hall–Kier alpha value is -8.88. The van der Waals surface area contributed by atoms with Gasteiger partial charge in [0.1, 0.15) is 29.9 Å². The van der Waals surface area contributed by atoms with Gasteiger partial charge in [0.2, 0.25) is 23.6 Å². The average Bonchev–Trinajstić information content (AvgIpc) is 1.48. The molecule has 0 saturated carbocycles. The van der Waals surface area contributed by atoms with Gasteiger partial charge in [-0.15, -0.1) is 0 Å². The fourth-order valence-corrected chi connectivity index (χ4v) is 13.8. The first kappa shape index (κ1) is 78.5. The van der Waals surface area contributed by atoms with Gasteiger partial charge in [0.25, 0.3) is 11.7 Å². The maximum atomic E-state index is 14.9. The number of quaternary nitrogens is 1. The summed E-state index contributed by atoms with van der Waals surface area (Å²) in [5.74, 6) is -10.6. The van der Waals surface area contributed by atoms with Crippen molar-refractivity contribution in [3.63, 3.8) is 0 Å². The average molecular weight is 1390 g/mol. The van der Waals surface area contributed by atoms with E-state index in [1.807, 2.05) is 60.6 Å². The molecular weight excluding hydrogens is 1290 g/mol. The number of likely N-dealkylation sites (N-methyl/N-ethyl adjacent to an activating group) is 1. The number of benzene rings is 3. The Labute approximate surface area is 585 Å². The second kappa shape index (κ2) is 34.0. The molecule has 3 aromatic rings. The van der Waals surface area contributed by atoms with Crippen LogP contribution in [0.4, 0.5) is 16.2 Å². The van der Waals surface area contributed by atoms with Crippen LogP contribution in [0, 0.1) is 54.3 Å². The highest BCUT2D eigenvalue weighted by atomic mass is 16.7. The number of ketones is 2. The molecule has 10 N–H and O–H groups in total. The molecule has 5 aliphatic rings. The van der Waals surface area contributed by atoms with Gasteiger partial charge in [-0.3, -0.25) is 48.3 Å². The number of carbonyl (C=O) groups excluding carboxylic acids is 9. The molecule has 3 aromatic carbocycles. The van der Waals surface area contributed by atoms with E-state index in [-0.39, 0.29) is 130 Å². The molecule has 1 unspecified atom stereocenters. The quantitative estimate of drug-likeness (QED) is 0.00818. The van der Waals surface area contributed by atoms with Crippen LogP contribution in [0.2, 0.25) is 0 Å². The molecule has 5 heterocycles. The van der Waals surface area contributed by atoms with Crippen LogP contribution in [0.3, 0.4) is 0 Å². The first-order valence-electron chi connectivity index (χ1n) is 34.7. The van der Waals surface area contributed by atoms with Crippen LogP contribution >= 0.6 is 0 Å². The smallest absolute Gasteiger partial charge is 0.312 e. The number of phenols is 3. The number of nitrogens with two attached hydrogens (primary N) is 1. The number of hydrogen-bond donors (Lipinski definition) is 9. The number of aliphatic hydroxyl groups is 1. The third-order valence-corrected chi connectivity index (χ3v) is 20.5. The largest absolute Gasteiger partial charge is 0.507 e. The summed E-state index contributed by atoms with van der Waals surface area (Å²) in [5, 5.41) is 65.4. The van der Waals surface area contributed by atoms with Crippen molar-refractivity contribution in [1.82, 2.24) is 20.5 Å². The van der Waals surface area contributed by atoms with E-state index in [9.17, 15) is 63.6 Å². The minimum Gasteiger partial charge on any atom is -0.507 e. The lowest BCUT2D eigenvalue weighted by molar-refractivity contribution is -0.926. The summed E-state index contributed by atoms with van der Waals surface area (Å²) in [6.45, 7) is 23.6. The summed E-state index contributed by atoms with van der Waals surface area (Å²) in [7, 11) is 3.57. The molecule has 0 aromatic heterocycles. The van der Waals surface area contributed by atoms with Crippen molar-refractivity contribution in [2.45, 2.75) is 171 Å². The predicted octanol–water partition coefficient (Wildman–Crippen LogP) is 8.38. The third kappa shape index (κ3) is 18.7. The first-order valence-corrected chi connectivity index (χ1v) is 34.7. The zero-order chi connectivity index (χ0) is 73.8. The summed E-state index contributed by atoms with van der Waals surface area (Å²) >= 11 is 0. The second-order valence-corrected chi connectivity index (χ2v) is 28.5. The van der Waals surface area contributed by atoms with Crippen LogP contribution < -0.4 is 31.7 Å². The number of rotatable bonds is 23. The molecule has 26 heteroatoms. The number of Topliss-reactive ketones (excluding diaryl/α,β-unsaturated/α-hetero) is 2. The fourth-order valence-electron chi connectivity index (χ4n) is 13.8. The molecule has 5 bridgehead atoms. The number of unbranched alkanes of at least 4 members (excludes halogenated alkanes) is 2. The van der Waals surface area contributed by atoms with Gasteiger partial charge in [0, 0.05) is 105 Å². The molecule has 12 atom stereocenters. The number of piperazine rings is 1. The minimum atomic E-state index is -2.09. The Kier molecular flexibility index (Phi) is 26.7. The van der Waals surface area contributed by atoms with Gasteiger partial charge in [-0.25, -0.2) is 4.79 Å². The van der Waals surface area contributed by atoms with Crippen LogP contribution in [-0.2, 0) is 54.3 Å². The van der Waals surface area contributed by atoms with Crippen molar-refractivity contribution in [2.75, 3.05) is 64.1 Å². The van der Waals surface area contributed by atoms with Gasteiger partial charge >= 0.3 is 17.8 Å². The van der Waals surface area contributed by atoms with E-state index in [4.69, 9.17) is 29.8 Å². The summed E-state index contributed by atoms with van der Waals surface area (Å²) < 4.78 is 24.8. The van der Waals surface area contributed by atoms with Crippen LogP contribution in [0.5, 0.6) is 23.0 Å². The number of anilines is 2. The summed E-state index contributed by atoms with van der Waals surface area (Å²) in [6.07, 6.45) is 9.07. The Balaban J connectivity index is 1.08. The zero-order valence-electron chi connectivity index (χ0n) is 60.3. The molecule has 7 amide bonds. The first-order chi connectivity index (χ1) is 47.1. The number of amides is 7. The number of ether oxygens (including phenoxy) is 4. The lowest BCUT2D eigenvalue weighted by Crippen LogP contribution is -2.55. The van der Waals surface area contributed by atoms with Crippen LogP contribution in [0.15, 0.2) is 65.5 Å². The van der Waals surface area contributed by atoms with Crippen LogP contribution in [0.25, 0.3) is 10.8 Å². The lowest BCUT2D eigenvalue weighted by atomic mass is 9.73. The van der Waals surface area contributed by atoms with Crippen molar-refractivity contribution in [1.29, 1.82) is 0 Å². The van der Waals surface area contributed by atoms with Gasteiger partial charge in [0.15, 0.2) is 11.5 Å². The Morgan fingerprint density at radius 3 is 2.19 bits per heavy atom. The number of nitrogens with zero attached hydrogens (tertiary/aromatic N) is 4. The number of phenolic OH excluding ortho intramolecular Hbond substituents is 3. The highest BCUT2D eigenvalue weighted by Gasteiger charge is 2.50. The van der Waals surface area contributed by atoms with E-state index in [0.717, 1.165) is 5.56 Å². The van der Waals surface area contributed by atoms with Crippen molar-refractivity contribution in [2.24, 2.45) is 58.2 Å². The molecule has 2 saturated heterocycles. The van der Waals surface area contributed by atoms with Crippen molar-refractivity contribution in [3.8, 4) is 23.0 Å². The van der Waals surface area contributed by atoms with Gasteiger partial charge < -0.3 is 70.9 Å². The van der Waals surface area contributed by atoms with Gasteiger partial charge in [-0.05, 0) is 81.4 Å². The molecule has 5 aliphatic heterocycles. The number of fused-ring (bicyclic) bond motifs is 14. The normalized spacial score (nSPS) is 26.2. The van der Waals surface area contributed by atoms with Crippen molar-refractivity contribution < 1.29 is 87.0 Å². The number of aliphatic hydroxyl groups excluding tert-OH is 1. The molecule has 0 radical (unpaired) electrons. The van der Waals surface area contributed by atoms with E-state index >= 15 is 0 Å². The number of aromatic hydroxyl groups is 3. The molecular formula is C74H104N9O17+. The summed E-state index contributed by atoms with van der Waals surface area (Å²) in [5.41, 5.74) is 6.20. The van der Waals surface area contributed by atoms with Crippen molar-refractivity contribution in [3.05, 3.63) is 82.7 Å². The number of nitrogens with one attached hydrogen (secondary N) is 4. The molecule has 100 heavy (non-hydrogen) atoms. The number of urea groups is 1. The number of hydrogen-bond acceptors (Lipinski definition) is 19. The number of carbonyl (C=O) groups is 9. The second-order valence-electron chi connectivity index (χ2n) is 28.5. The lowest BCUT2D eigenvalue weighted by Gasteiger charge is -2.41. The maximum absolute atomic E-state index is 14.9. The number of imide groups is 1. The molecule has 26 nitrogen and oxygen atoms in total. The predicted molar refractivity (Wildman–Crippen MR) is 377 cm³/mol. The molecule has 8 rings (SSSR count). The number of likely N-dealkylation sites (tertiary alicyclic amines) is 1. The van der Waals surface area contributed by atoms with Crippen LogP contribution in [-0.4, -0.2) is 178 Å². The Morgan fingerprint density at radius 2 is 1.57 bits per heavy atom. The molecule has 0 aliphatic carbocycles. The standard InChI is InChI=1S/C74H103N9O17/c1-40(2)61(79-56(86)23-16-15-17-30-82-57(87)36-43(5)72(82)95)54(85)37-51(22-19-29-76-73(75)96)71(94)78-52-26-24-50(25-27-52)39-83(13)33-31-81(32-34-83)77-38-53-62-66(91)59-58(65(53)90)60-68(48(10)64(59)89)100-74(12,69(60)92)98-35-28-55(97-14)47(9)67(99-49(11)84)46(8)44(6)45(7)63(88)41(3)20-18-21-42(4)70(93)80-62/h18,20-21,24-28,35,38,40-41,43-47,51,55,61,63,67,88H,15-17,19,22-23,29-34,36-37,39H2,1-14H3,(H8-,75,76,77,78,79,80,86,89,90,91,92,93,94,96)/p+1/b20-18+,35-28+,42-21-/t41-,43?,44+,45-,46+,47+,51+,55-,61-,63-,67-,74-/m0/s1. The topological polar surface area (TPSA) is 364 Å². The van der Waals surface area contributed by atoms with E-state index in [1.54, 1.807) is 42.3 Å². The zero-order valence-corrected chi connectivity index (χ0v) is 60.3. The Bertz CT molecular complexity index is 3670. The van der Waals surface area contributed by atoms with E-state index < -0.39 is 94.7 Å². The molecule has 2 fully saturated rings. The monoisotopic (exact) mass is 1390 g/mol. The maximum Gasteiger partial charge on any atom is 0.312 e. The minimum absolute atomic E-state index is 0.0239. The number of methoxy groups -OCH3 is 1. The van der Waals surface area contributed by atoms with E-state index in [0.29, 0.717) is 75.1 Å². The third-order valence-electron chi connectivity index (χ3n) is 20.5.